The number of aromatic nitrogens is 1. The van der Waals surface area contributed by atoms with Crippen LogP contribution < -0.4 is 5.73 Å². The van der Waals surface area contributed by atoms with E-state index in [0.717, 1.165) is 16.5 Å². The third kappa shape index (κ3) is 2.10. The summed E-state index contributed by atoms with van der Waals surface area (Å²) in [5, 5.41) is 1.34. The van der Waals surface area contributed by atoms with Crippen molar-refractivity contribution < 1.29 is 4.79 Å². The van der Waals surface area contributed by atoms with E-state index in [1.165, 1.54) is 11.8 Å². The molecule has 20 heavy (non-hydrogen) atoms. The number of aliphatic imine (C=N–C) groups is 1. The number of rotatable bonds is 2. The van der Waals surface area contributed by atoms with E-state index in [2.05, 4.69) is 10.9 Å². The SMILES string of the molecule is C#CCn1cc(C=C2SC(N)=NC2=O)c2ccccc21. The number of thioether (sulfide) groups is 1. The summed E-state index contributed by atoms with van der Waals surface area (Å²) in [6.45, 7) is 0.489. The smallest absolute Gasteiger partial charge is 0.286 e. The predicted molar refractivity (Wildman–Crippen MR) is 83.0 cm³/mol. The van der Waals surface area contributed by atoms with Gasteiger partial charge >= 0.3 is 0 Å². The molecule has 1 aromatic carbocycles. The standard InChI is InChI=1S/C15H11N3OS/c1-2-7-18-9-10(11-5-3-4-6-12(11)18)8-13-14(19)17-15(16)20-13/h1,3-6,8-9H,7H2,(H2,16,17,19). The Hall–Kier alpha value is -2.45. The van der Waals surface area contributed by atoms with Crippen molar-refractivity contribution in [1.82, 2.24) is 4.57 Å². The minimum absolute atomic E-state index is 0.286. The van der Waals surface area contributed by atoms with Crippen molar-refractivity contribution in [1.29, 1.82) is 0 Å². The summed E-state index contributed by atoms with van der Waals surface area (Å²) >= 11 is 1.19. The third-order valence-corrected chi connectivity index (χ3v) is 3.82. The van der Waals surface area contributed by atoms with Gasteiger partial charge in [0.1, 0.15) is 0 Å². The first-order chi connectivity index (χ1) is 9.69. The number of para-hydroxylation sites is 1. The molecule has 0 atom stereocenters. The highest BCUT2D eigenvalue weighted by atomic mass is 32.2. The Kier molecular flexibility index (Phi) is 3.09. The van der Waals surface area contributed by atoms with Crippen molar-refractivity contribution in [3.63, 3.8) is 0 Å². The Morgan fingerprint density at radius 3 is 2.95 bits per heavy atom. The number of amides is 1. The molecule has 2 heterocycles. The molecule has 98 valence electrons. The van der Waals surface area contributed by atoms with Gasteiger partial charge in [0, 0.05) is 22.7 Å². The fraction of sp³-hybridized carbons (Fsp3) is 0.0667. The topological polar surface area (TPSA) is 60.4 Å². The molecule has 0 spiro atoms. The molecule has 2 aromatic rings. The lowest BCUT2D eigenvalue weighted by atomic mass is 10.1. The van der Waals surface area contributed by atoms with E-state index in [1.807, 2.05) is 41.1 Å². The summed E-state index contributed by atoms with van der Waals surface area (Å²) in [6, 6.07) is 7.92. The fourth-order valence-electron chi connectivity index (χ4n) is 2.19. The average Bonchev–Trinajstić information content (AvgIpc) is 2.93. The van der Waals surface area contributed by atoms with Crippen LogP contribution in [-0.4, -0.2) is 15.6 Å². The van der Waals surface area contributed by atoms with Crippen LogP contribution in [0.2, 0.25) is 0 Å². The molecular formula is C15H11N3OS. The molecule has 0 saturated heterocycles. The summed E-state index contributed by atoms with van der Waals surface area (Å²) in [7, 11) is 0. The first-order valence-electron chi connectivity index (χ1n) is 5.98. The average molecular weight is 281 g/mol. The number of benzene rings is 1. The van der Waals surface area contributed by atoms with Crippen LogP contribution in [0.25, 0.3) is 17.0 Å². The highest BCUT2D eigenvalue weighted by Crippen LogP contribution is 2.30. The number of terminal acetylenes is 1. The van der Waals surface area contributed by atoms with Crippen molar-refractivity contribution in [2.24, 2.45) is 10.7 Å². The van der Waals surface area contributed by atoms with Gasteiger partial charge in [-0.1, -0.05) is 24.1 Å². The molecule has 0 aliphatic carbocycles. The van der Waals surface area contributed by atoms with Crippen LogP contribution >= 0.6 is 11.8 Å². The second kappa shape index (κ2) is 4.91. The van der Waals surface area contributed by atoms with Crippen molar-refractivity contribution in [3.05, 3.63) is 40.9 Å². The minimum Gasteiger partial charge on any atom is -0.378 e. The monoisotopic (exact) mass is 281 g/mol. The molecule has 4 nitrogen and oxygen atoms in total. The van der Waals surface area contributed by atoms with Gasteiger partial charge in [-0.25, -0.2) is 0 Å². The third-order valence-electron chi connectivity index (χ3n) is 3.00. The van der Waals surface area contributed by atoms with Crippen LogP contribution in [0, 0.1) is 12.3 Å². The molecule has 3 rings (SSSR count). The van der Waals surface area contributed by atoms with Gasteiger partial charge in [0.05, 0.1) is 11.4 Å². The number of amidine groups is 1. The summed E-state index contributed by atoms with van der Waals surface area (Å²) < 4.78 is 1.98. The quantitative estimate of drug-likeness (QED) is 0.678. The first kappa shape index (κ1) is 12.6. The second-order valence-corrected chi connectivity index (χ2v) is 5.36. The number of hydrogen-bond donors (Lipinski definition) is 1. The van der Waals surface area contributed by atoms with Crippen LogP contribution in [0.1, 0.15) is 5.56 Å². The molecule has 5 heteroatoms. The summed E-state index contributed by atoms with van der Waals surface area (Å²) in [5.41, 5.74) is 7.54. The van der Waals surface area contributed by atoms with Gasteiger partial charge in [-0.05, 0) is 23.9 Å². The largest absolute Gasteiger partial charge is 0.378 e. The maximum atomic E-state index is 11.7. The van der Waals surface area contributed by atoms with Gasteiger partial charge in [-0.15, -0.1) is 6.42 Å². The lowest BCUT2D eigenvalue weighted by molar-refractivity contribution is -0.113. The summed E-state index contributed by atoms with van der Waals surface area (Å²) in [4.78, 5) is 15.9. The molecule has 2 N–H and O–H groups in total. The molecule has 1 aliphatic heterocycles. The molecule has 1 aliphatic rings. The summed E-state index contributed by atoms with van der Waals surface area (Å²) in [6.07, 6.45) is 9.14. The number of carbonyl (C=O) groups is 1. The zero-order valence-electron chi connectivity index (χ0n) is 10.5. The Morgan fingerprint density at radius 1 is 1.45 bits per heavy atom. The van der Waals surface area contributed by atoms with Crippen LogP contribution in [-0.2, 0) is 11.3 Å². The van der Waals surface area contributed by atoms with Crippen LogP contribution in [0.15, 0.2) is 40.4 Å². The van der Waals surface area contributed by atoms with Crippen molar-refractivity contribution in [2.45, 2.75) is 6.54 Å². The van der Waals surface area contributed by atoms with E-state index < -0.39 is 0 Å². The van der Waals surface area contributed by atoms with E-state index >= 15 is 0 Å². The highest BCUT2D eigenvalue weighted by Gasteiger charge is 2.20. The van der Waals surface area contributed by atoms with E-state index in [1.54, 1.807) is 0 Å². The van der Waals surface area contributed by atoms with Gasteiger partial charge in [0.15, 0.2) is 5.17 Å². The Bertz CT molecular complexity index is 808. The van der Waals surface area contributed by atoms with E-state index in [0.29, 0.717) is 11.4 Å². The van der Waals surface area contributed by atoms with E-state index in [4.69, 9.17) is 12.2 Å². The van der Waals surface area contributed by atoms with Gasteiger partial charge in [-0.3, -0.25) is 4.79 Å². The Labute approximate surface area is 120 Å². The van der Waals surface area contributed by atoms with Gasteiger partial charge in [0.25, 0.3) is 5.91 Å². The molecule has 0 fully saturated rings. The normalized spacial score (nSPS) is 16.6. The number of carbonyl (C=O) groups excluding carboxylic acids is 1. The van der Waals surface area contributed by atoms with Crippen LogP contribution in [0.4, 0.5) is 0 Å². The Morgan fingerprint density at radius 2 is 2.25 bits per heavy atom. The van der Waals surface area contributed by atoms with Gasteiger partial charge in [-0.2, -0.15) is 4.99 Å². The van der Waals surface area contributed by atoms with Crippen molar-refractivity contribution in [3.8, 4) is 12.3 Å². The number of fused-ring (bicyclic) bond motifs is 1. The molecule has 0 bridgehead atoms. The summed E-state index contributed by atoms with van der Waals surface area (Å²) in [5.74, 6) is 2.34. The zero-order chi connectivity index (χ0) is 14.1. The number of hydrogen-bond acceptors (Lipinski definition) is 3. The number of nitrogens with two attached hydrogens (primary N) is 1. The minimum atomic E-state index is -0.290. The predicted octanol–water partition coefficient (Wildman–Crippen LogP) is 2.20. The van der Waals surface area contributed by atoms with Gasteiger partial charge in [0.2, 0.25) is 0 Å². The number of nitrogens with zero attached hydrogens (tertiary/aromatic N) is 2. The van der Waals surface area contributed by atoms with Crippen LogP contribution in [0.3, 0.4) is 0 Å². The maximum absolute atomic E-state index is 11.7. The molecule has 0 unspecified atom stereocenters. The fourth-order valence-corrected chi connectivity index (χ4v) is 2.86. The molecule has 0 radical (unpaired) electrons. The van der Waals surface area contributed by atoms with Crippen molar-refractivity contribution in [2.75, 3.05) is 0 Å². The van der Waals surface area contributed by atoms with Crippen molar-refractivity contribution >= 4 is 39.8 Å². The van der Waals surface area contributed by atoms with E-state index in [-0.39, 0.29) is 11.1 Å². The molecule has 1 aromatic heterocycles. The zero-order valence-corrected chi connectivity index (χ0v) is 11.4. The lowest BCUT2D eigenvalue weighted by Crippen LogP contribution is -2.01. The lowest BCUT2D eigenvalue weighted by Gasteiger charge is -1.97. The maximum Gasteiger partial charge on any atom is 0.286 e. The van der Waals surface area contributed by atoms with E-state index in [9.17, 15) is 4.79 Å². The molecular weight excluding hydrogens is 270 g/mol. The Balaban J connectivity index is 2.11. The van der Waals surface area contributed by atoms with Crippen LogP contribution in [0.5, 0.6) is 0 Å². The first-order valence-corrected chi connectivity index (χ1v) is 6.80. The second-order valence-electron chi connectivity index (χ2n) is 4.30. The molecule has 1 amide bonds. The molecule has 0 saturated carbocycles. The highest BCUT2D eigenvalue weighted by molar-refractivity contribution is 8.18. The van der Waals surface area contributed by atoms with Gasteiger partial charge < -0.3 is 10.3 Å².